The number of nitrogens with zero attached hydrogens (tertiary/aromatic N) is 3. The van der Waals surface area contributed by atoms with Crippen molar-refractivity contribution in [3.63, 3.8) is 0 Å². The molecule has 0 N–H and O–H groups in total. The second-order valence-electron chi connectivity index (χ2n) is 10.5. The third kappa shape index (κ3) is 6.46. The molecule has 3 nitrogen and oxygen atoms in total. The van der Waals surface area contributed by atoms with Crippen molar-refractivity contribution in [1.29, 1.82) is 0 Å². The van der Waals surface area contributed by atoms with Gasteiger partial charge in [0, 0.05) is 43.5 Å². The van der Waals surface area contributed by atoms with Gasteiger partial charge in [0.05, 0.1) is 17.1 Å². The van der Waals surface area contributed by atoms with E-state index < -0.39 is 0 Å². The highest BCUT2D eigenvalue weighted by Gasteiger charge is 2.14. The summed E-state index contributed by atoms with van der Waals surface area (Å²) in [4.78, 5) is 15.6. The Balaban J connectivity index is 1.24. The quantitative estimate of drug-likeness (QED) is 0.151. The first-order chi connectivity index (χ1) is 22.2. The van der Waals surface area contributed by atoms with E-state index in [-0.39, 0.29) is 0 Å². The molecular weight excluding hydrogens is 587 g/mol. The number of benzene rings is 4. The molecule has 0 atom stereocenters. The molecular formula is C40H31N3S2. The van der Waals surface area contributed by atoms with Gasteiger partial charge in [0.15, 0.2) is 0 Å². The Morgan fingerprint density at radius 1 is 0.533 bits per heavy atom. The largest absolute Gasteiger partial charge is 0.311 e. The minimum Gasteiger partial charge on any atom is -0.311 e. The van der Waals surface area contributed by atoms with E-state index in [0.29, 0.717) is 0 Å². The van der Waals surface area contributed by atoms with Crippen LogP contribution in [-0.4, -0.2) is 15.7 Å². The lowest BCUT2D eigenvalue weighted by Gasteiger charge is -2.25. The van der Waals surface area contributed by atoms with Crippen LogP contribution in [0, 0.1) is 0 Å². The van der Waals surface area contributed by atoms with Gasteiger partial charge in [-0.05, 0) is 102 Å². The molecule has 0 unspecified atom stereocenters. The maximum absolute atomic E-state index is 5.07. The van der Waals surface area contributed by atoms with Crippen molar-refractivity contribution >= 4 is 40.2 Å². The average molecular weight is 618 g/mol. The van der Waals surface area contributed by atoms with Gasteiger partial charge in [-0.1, -0.05) is 73.7 Å². The predicted molar refractivity (Wildman–Crippen MR) is 193 cm³/mol. The van der Waals surface area contributed by atoms with Crippen LogP contribution in [0.5, 0.6) is 0 Å². The number of anilines is 3. The zero-order chi connectivity index (χ0) is 30.4. The Hall–Kier alpha value is -4.97. The summed E-state index contributed by atoms with van der Waals surface area (Å²) in [5, 5.41) is 0. The van der Waals surface area contributed by atoms with Crippen molar-refractivity contribution in [3.05, 3.63) is 158 Å². The molecule has 218 valence electrons. The van der Waals surface area contributed by atoms with Gasteiger partial charge in [-0.2, -0.15) is 0 Å². The van der Waals surface area contributed by atoms with Crippen LogP contribution in [0.1, 0.15) is 6.92 Å². The molecule has 45 heavy (non-hydrogen) atoms. The third-order valence-electron chi connectivity index (χ3n) is 7.52. The Kier molecular flexibility index (Phi) is 8.54. The molecule has 0 saturated heterocycles. The molecule has 4 aromatic carbocycles. The molecule has 0 aliphatic rings. The van der Waals surface area contributed by atoms with E-state index in [4.69, 9.17) is 4.98 Å². The van der Waals surface area contributed by atoms with Crippen molar-refractivity contribution in [2.45, 2.75) is 11.8 Å². The van der Waals surface area contributed by atoms with Crippen LogP contribution in [0.4, 0.5) is 17.1 Å². The smallest absolute Gasteiger partial charge is 0.0900 e. The zero-order valence-corrected chi connectivity index (χ0v) is 26.5. The van der Waals surface area contributed by atoms with Crippen molar-refractivity contribution in [2.75, 3.05) is 10.7 Å². The van der Waals surface area contributed by atoms with Crippen LogP contribution in [0.25, 0.3) is 43.5 Å². The molecule has 7 rings (SSSR count). The van der Waals surface area contributed by atoms with Gasteiger partial charge in [0.25, 0.3) is 0 Å². The summed E-state index contributed by atoms with van der Waals surface area (Å²) in [6, 6.07) is 53.3. The summed E-state index contributed by atoms with van der Waals surface area (Å²) < 4.78 is 0. The molecule has 0 saturated carbocycles. The Morgan fingerprint density at radius 3 is 1.84 bits per heavy atom. The van der Waals surface area contributed by atoms with Crippen LogP contribution in [0.3, 0.4) is 0 Å². The number of hydrogen-bond acceptors (Lipinski definition) is 5. The first-order valence-corrected chi connectivity index (χ1v) is 16.8. The third-order valence-corrected chi connectivity index (χ3v) is 9.58. The Bertz CT molecular complexity index is 1970. The minimum atomic E-state index is 0.869. The van der Waals surface area contributed by atoms with Crippen LogP contribution in [0.2, 0.25) is 0 Å². The minimum absolute atomic E-state index is 0.869. The first kappa shape index (κ1) is 28.8. The van der Waals surface area contributed by atoms with Crippen molar-refractivity contribution < 1.29 is 0 Å². The molecule has 0 spiro atoms. The number of thioether (sulfide) groups is 1. The number of rotatable bonds is 9. The second-order valence-corrected chi connectivity index (χ2v) is 12.9. The molecule has 0 aliphatic heterocycles. The van der Waals surface area contributed by atoms with Gasteiger partial charge in [0.1, 0.15) is 0 Å². The normalized spacial score (nSPS) is 11.0. The highest BCUT2D eigenvalue weighted by molar-refractivity contribution is 7.99. The summed E-state index contributed by atoms with van der Waals surface area (Å²) >= 11 is 3.64. The molecule has 7 aromatic rings. The van der Waals surface area contributed by atoms with Crippen LogP contribution >= 0.6 is 23.1 Å². The number of hydrogen-bond donors (Lipinski definition) is 0. The number of para-hydroxylation sites is 2. The van der Waals surface area contributed by atoms with Crippen molar-refractivity contribution in [1.82, 2.24) is 9.97 Å². The molecule has 0 bridgehead atoms. The van der Waals surface area contributed by atoms with E-state index in [1.807, 2.05) is 36.2 Å². The van der Waals surface area contributed by atoms with Gasteiger partial charge >= 0.3 is 0 Å². The van der Waals surface area contributed by atoms with E-state index in [0.717, 1.165) is 51.0 Å². The summed E-state index contributed by atoms with van der Waals surface area (Å²) in [6.07, 6.45) is 1.82. The lowest BCUT2D eigenvalue weighted by Crippen LogP contribution is -2.09. The first-order valence-electron chi connectivity index (χ1n) is 15.0. The Labute approximate surface area is 272 Å². The summed E-state index contributed by atoms with van der Waals surface area (Å²) in [5.74, 6) is 1.03. The van der Waals surface area contributed by atoms with Crippen LogP contribution in [0.15, 0.2) is 163 Å². The highest BCUT2D eigenvalue weighted by Crippen LogP contribution is 2.40. The molecule has 0 amide bonds. The summed E-state index contributed by atoms with van der Waals surface area (Å²) in [6.45, 7) is 2.18. The van der Waals surface area contributed by atoms with Gasteiger partial charge in [-0.25, -0.2) is 4.98 Å². The molecule has 0 aliphatic carbocycles. The fourth-order valence-electron chi connectivity index (χ4n) is 5.40. The highest BCUT2D eigenvalue weighted by atomic mass is 32.2. The lowest BCUT2D eigenvalue weighted by atomic mass is 10.1. The van der Waals surface area contributed by atoms with Crippen LogP contribution in [-0.2, 0) is 0 Å². The molecule has 3 aromatic heterocycles. The van der Waals surface area contributed by atoms with Crippen molar-refractivity contribution in [3.8, 4) is 43.5 Å². The van der Waals surface area contributed by atoms with Gasteiger partial charge in [-0.3, -0.25) is 4.98 Å². The molecule has 0 radical (unpaired) electrons. The zero-order valence-electron chi connectivity index (χ0n) is 24.9. The van der Waals surface area contributed by atoms with E-state index in [9.17, 15) is 0 Å². The fourth-order valence-corrected chi connectivity index (χ4v) is 7.12. The lowest BCUT2D eigenvalue weighted by molar-refractivity contribution is 1.25. The van der Waals surface area contributed by atoms with Crippen LogP contribution < -0.4 is 4.90 Å². The summed E-state index contributed by atoms with van der Waals surface area (Å²) in [5.41, 5.74) is 9.52. The second kappa shape index (κ2) is 13.3. The van der Waals surface area contributed by atoms with E-state index >= 15 is 0 Å². The van der Waals surface area contributed by atoms with Gasteiger partial charge in [0.2, 0.25) is 0 Å². The number of thiophene rings is 1. The predicted octanol–water partition coefficient (Wildman–Crippen LogP) is 11.8. The summed E-state index contributed by atoms with van der Waals surface area (Å²) in [7, 11) is 0. The molecule has 3 heterocycles. The van der Waals surface area contributed by atoms with Gasteiger partial charge in [-0.15, -0.1) is 23.1 Å². The molecule has 0 fully saturated rings. The fraction of sp³-hybridized carbons (Fsp3) is 0.0500. The number of aromatic nitrogens is 2. The average Bonchev–Trinajstić information content (AvgIpc) is 3.61. The van der Waals surface area contributed by atoms with Gasteiger partial charge < -0.3 is 4.90 Å². The van der Waals surface area contributed by atoms with E-state index in [1.165, 1.54) is 20.2 Å². The maximum atomic E-state index is 5.07. The van der Waals surface area contributed by atoms with Crippen molar-refractivity contribution in [2.24, 2.45) is 0 Å². The Morgan fingerprint density at radius 2 is 1.18 bits per heavy atom. The number of pyridine rings is 2. The monoisotopic (exact) mass is 617 g/mol. The maximum Gasteiger partial charge on any atom is 0.0900 e. The molecule has 5 heteroatoms. The SMILES string of the molecule is CCSc1cccc(-c2cc(-c3ccc(-c4ccc(N(c5ccccc5)c5ccccc5)cc4)s3)cc(-c3ccccn3)n2)c1. The standard InChI is InChI=1S/C40H31N3S2/c1-2-44-35-17-11-12-30(26-35)37-27-31(28-38(42-37)36-18-9-10-25-41-36)40-24-23-39(45-40)29-19-21-34(22-20-29)43(32-13-5-3-6-14-32)33-15-7-4-8-16-33/h3-28H,2H2,1H3. The topological polar surface area (TPSA) is 29.0 Å². The van der Waals surface area contributed by atoms with E-state index in [2.05, 4.69) is 150 Å². The van der Waals surface area contributed by atoms with E-state index in [1.54, 1.807) is 11.3 Å².